The van der Waals surface area contributed by atoms with Crippen LogP contribution in [0.5, 0.6) is 0 Å². The molecule has 0 atom stereocenters. The summed E-state index contributed by atoms with van der Waals surface area (Å²) in [4.78, 5) is 4.56. The highest BCUT2D eigenvalue weighted by atomic mass is 15.1. The van der Waals surface area contributed by atoms with E-state index in [9.17, 15) is 0 Å². The van der Waals surface area contributed by atoms with Crippen LogP contribution in [0.4, 0.5) is 0 Å². The molecule has 0 aliphatic heterocycles. The number of rotatable bonds is 4. The van der Waals surface area contributed by atoms with E-state index >= 15 is 0 Å². The van der Waals surface area contributed by atoms with Crippen LogP contribution in [-0.4, -0.2) is 15.2 Å². The van der Waals surface area contributed by atoms with E-state index < -0.39 is 0 Å². The summed E-state index contributed by atoms with van der Waals surface area (Å²) < 4.78 is 0. The fourth-order valence-corrected chi connectivity index (χ4v) is 2.67. The average molecular weight is 243 g/mol. The summed E-state index contributed by atoms with van der Waals surface area (Å²) >= 11 is 0. The number of aromatic amines is 1. The van der Waals surface area contributed by atoms with Gasteiger partial charge >= 0.3 is 0 Å². The van der Waals surface area contributed by atoms with Crippen molar-refractivity contribution >= 4 is 0 Å². The number of hydrogen-bond acceptors (Lipinski definition) is 2. The van der Waals surface area contributed by atoms with Crippen LogP contribution in [0.3, 0.4) is 0 Å². The summed E-state index contributed by atoms with van der Waals surface area (Å²) in [6.45, 7) is 9.04. The number of H-pyrrole nitrogens is 1. The predicted molar refractivity (Wildman–Crippen MR) is 74.2 cm³/mol. The van der Waals surface area contributed by atoms with Crippen LogP contribution in [0.1, 0.15) is 39.3 Å². The summed E-state index contributed by atoms with van der Waals surface area (Å²) in [6, 6.07) is 6.19. The molecule has 3 heteroatoms. The van der Waals surface area contributed by atoms with Crippen molar-refractivity contribution in [3.05, 3.63) is 36.3 Å². The van der Waals surface area contributed by atoms with Crippen molar-refractivity contribution < 1.29 is 0 Å². The largest absolute Gasteiger partial charge is 0.278 e. The first-order chi connectivity index (χ1) is 8.59. The zero-order valence-corrected chi connectivity index (χ0v) is 11.5. The highest BCUT2D eigenvalue weighted by Gasteiger charge is 2.21. The molecule has 0 saturated heterocycles. The zero-order valence-electron chi connectivity index (χ0n) is 11.5. The van der Waals surface area contributed by atoms with Gasteiger partial charge in [0, 0.05) is 29.6 Å². The van der Waals surface area contributed by atoms with Crippen LogP contribution >= 0.6 is 0 Å². The van der Waals surface area contributed by atoms with Gasteiger partial charge in [0.25, 0.3) is 0 Å². The molecule has 2 rings (SSSR count). The third-order valence-electron chi connectivity index (χ3n) is 3.37. The molecule has 2 aromatic heterocycles. The number of pyridine rings is 1. The van der Waals surface area contributed by atoms with Crippen LogP contribution in [0.25, 0.3) is 11.3 Å². The fraction of sp³-hybridized carbons (Fsp3) is 0.467. The Morgan fingerprint density at radius 1 is 1.00 bits per heavy atom. The molecule has 96 valence electrons. The zero-order chi connectivity index (χ0) is 13.1. The maximum atomic E-state index is 4.56. The lowest BCUT2D eigenvalue weighted by molar-refractivity contribution is 0.380. The van der Waals surface area contributed by atoms with E-state index in [1.54, 1.807) is 6.20 Å². The van der Waals surface area contributed by atoms with Crippen molar-refractivity contribution in [1.29, 1.82) is 0 Å². The second kappa shape index (κ2) is 5.34. The fourth-order valence-electron chi connectivity index (χ4n) is 2.67. The Bertz CT molecular complexity index is 478. The maximum Gasteiger partial charge on any atom is 0.0651 e. The van der Waals surface area contributed by atoms with Gasteiger partial charge in [-0.25, -0.2) is 0 Å². The number of nitrogens with one attached hydrogen (secondary N) is 1. The van der Waals surface area contributed by atoms with Crippen molar-refractivity contribution in [1.82, 2.24) is 15.2 Å². The van der Waals surface area contributed by atoms with Crippen LogP contribution in [0.15, 0.2) is 30.6 Å². The summed E-state index contributed by atoms with van der Waals surface area (Å²) in [5.74, 6) is 1.68. The highest BCUT2D eigenvalue weighted by molar-refractivity contribution is 5.58. The summed E-state index contributed by atoms with van der Waals surface area (Å²) in [5, 5.41) is 7.00. The molecule has 0 aromatic carbocycles. The molecule has 18 heavy (non-hydrogen) atoms. The molecule has 0 bridgehead atoms. The van der Waals surface area contributed by atoms with Gasteiger partial charge < -0.3 is 0 Å². The minimum absolute atomic E-state index is 0.493. The molecule has 3 nitrogen and oxygen atoms in total. The molecule has 0 amide bonds. The number of nitrogens with zero attached hydrogens (tertiary/aromatic N) is 2. The third kappa shape index (κ3) is 2.61. The molecule has 1 N–H and O–H groups in total. The topological polar surface area (TPSA) is 41.6 Å². The Labute approximate surface area is 109 Å². The van der Waals surface area contributed by atoms with Gasteiger partial charge in [-0.15, -0.1) is 0 Å². The first-order valence-electron chi connectivity index (χ1n) is 6.55. The lowest BCUT2D eigenvalue weighted by Gasteiger charge is -2.24. The Morgan fingerprint density at radius 2 is 1.72 bits per heavy atom. The molecule has 0 aliphatic rings. The van der Waals surface area contributed by atoms with E-state index in [0.717, 1.165) is 11.3 Å². The van der Waals surface area contributed by atoms with Gasteiger partial charge in [0.1, 0.15) is 0 Å². The maximum absolute atomic E-state index is 4.56. The van der Waals surface area contributed by atoms with E-state index in [1.807, 2.05) is 18.3 Å². The van der Waals surface area contributed by atoms with Gasteiger partial charge in [0.15, 0.2) is 0 Å². The van der Waals surface area contributed by atoms with E-state index in [0.29, 0.717) is 17.8 Å². The molecule has 0 radical (unpaired) electrons. The van der Waals surface area contributed by atoms with Crippen molar-refractivity contribution in [2.24, 2.45) is 11.8 Å². The molecule has 2 heterocycles. The van der Waals surface area contributed by atoms with Gasteiger partial charge in [-0.3, -0.25) is 10.1 Å². The Hall–Kier alpha value is -1.64. The summed E-state index contributed by atoms with van der Waals surface area (Å²) in [7, 11) is 0. The molecular weight excluding hydrogens is 222 g/mol. The molecule has 0 fully saturated rings. The van der Waals surface area contributed by atoms with Gasteiger partial charge in [0.2, 0.25) is 0 Å². The Balaban J connectivity index is 2.37. The summed E-state index contributed by atoms with van der Waals surface area (Å²) in [6.07, 6.45) is 3.67. The molecule has 0 aliphatic carbocycles. The predicted octanol–water partition coefficient (Wildman–Crippen LogP) is 3.87. The number of hydrogen-bond donors (Lipinski definition) is 1. The van der Waals surface area contributed by atoms with Gasteiger partial charge in [-0.05, 0) is 30.0 Å². The van der Waals surface area contributed by atoms with Crippen LogP contribution < -0.4 is 0 Å². The Morgan fingerprint density at radius 3 is 2.28 bits per heavy atom. The first kappa shape index (κ1) is 12.8. The highest BCUT2D eigenvalue weighted by Crippen LogP contribution is 2.32. The van der Waals surface area contributed by atoms with Crippen LogP contribution in [0.2, 0.25) is 0 Å². The minimum atomic E-state index is 0.493. The lowest BCUT2D eigenvalue weighted by atomic mass is 9.82. The van der Waals surface area contributed by atoms with Crippen molar-refractivity contribution in [2.45, 2.75) is 33.6 Å². The Kier molecular flexibility index (Phi) is 3.80. The molecule has 0 saturated carbocycles. The van der Waals surface area contributed by atoms with E-state index in [-0.39, 0.29) is 0 Å². The monoisotopic (exact) mass is 243 g/mol. The van der Waals surface area contributed by atoms with Crippen LogP contribution in [0, 0.1) is 11.8 Å². The quantitative estimate of drug-likeness (QED) is 0.885. The number of aromatic nitrogens is 3. The summed E-state index contributed by atoms with van der Waals surface area (Å²) in [5.41, 5.74) is 3.38. The third-order valence-corrected chi connectivity index (χ3v) is 3.37. The van der Waals surface area contributed by atoms with Gasteiger partial charge in [-0.2, -0.15) is 5.10 Å². The van der Waals surface area contributed by atoms with E-state index in [1.165, 1.54) is 5.69 Å². The van der Waals surface area contributed by atoms with Crippen LogP contribution in [-0.2, 0) is 0 Å². The minimum Gasteiger partial charge on any atom is -0.278 e. The molecule has 0 unspecified atom stereocenters. The standard InChI is InChI=1S/C15H21N3/c1-10(2)15(11(3)4)14-9-12(5-7-16-14)13-6-8-17-18-13/h5-11,15H,1-4H3,(H,17,18). The smallest absolute Gasteiger partial charge is 0.0651 e. The van der Waals surface area contributed by atoms with Crippen molar-refractivity contribution in [2.75, 3.05) is 0 Å². The van der Waals surface area contributed by atoms with Crippen molar-refractivity contribution in [3.63, 3.8) is 0 Å². The SMILES string of the molecule is CC(C)C(c1cc(-c2ccn[nH]2)ccn1)C(C)C. The van der Waals surface area contributed by atoms with Crippen molar-refractivity contribution in [3.8, 4) is 11.3 Å². The lowest BCUT2D eigenvalue weighted by Crippen LogP contribution is -2.14. The van der Waals surface area contributed by atoms with Gasteiger partial charge in [0.05, 0.1) is 5.69 Å². The van der Waals surface area contributed by atoms with E-state index in [4.69, 9.17) is 0 Å². The van der Waals surface area contributed by atoms with Gasteiger partial charge in [-0.1, -0.05) is 27.7 Å². The first-order valence-corrected chi connectivity index (χ1v) is 6.55. The molecular formula is C15H21N3. The van der Waals surface area contributed by atoms with E-state index in [2.05, 4.69) is 48.9 Å². The second-order valence-electron chi connectivity index (χ2n) is 5.45. The molecule has 2 aromatic rings. The average Bonchev–Trinajstić information content (AvgIpc) is 2.81. The normalized spacial score (nSPS) is 11.7. The second-order valence-corrected chi connectivity index (χ2v) is 5.45. The molecule has 0 spiro atoms.